The normalized spacial score (nSPS) is 0. The molecule has 0 amide bonds. The minimum atomic E-state index is 0. The number of hydrogen-bond donors (Lipinski definition) is 0. The number of hydrogen-bond acceptors (Lipinski definition) is 0. The summed E-state index contributed by atoms with van der Waals surface area (Å²) in [4.78, 5) is 0. The molecule has 0 aliphatic carbocycles. The van der Waals surface area contributed by atoms with Gasteiger partial charge in [-0.15, -0.1) is 0 Å². The van der Waals surface area contributed by atoms with Gasteiger partial charge in [0.15, 0.2) is 0 Å². The Bertz CT molecular complexity index is 10.8. The van der Waals surface area contributed by atoms with Crippen LogP contribution in [0.15, 0.2) is 0 Å². The maximum atomic E-state index is 0. The Labute approximate surface area is 105 Å². The maximum Gasteiger partial charge on any atom is 4.00 e. The van der Waals surface area contributed by atoms with Gasteiger partial charge < -0.3 is 16.4 Å². The SMILES string of the molecule is [Al+3].[K+].[O-2].[O-2].[O-2].[Ti+4]. The van der Waals surface area contributed by atoms with Crippen LogP contribution in [0, 0.1) is 0 Å². The largest absolute Gasteiger partial charge is 4.00 e. The average Bonchev–Trinajstić information content (AvgIpc) is 0. The fourth-order valence-corrected chi connectivity index (χ4v) is 0. The molecule has 0 atom stereocenters. The quantitative estimate of drug-likeness (QED) is 0.328. The second-order valence-electron chi connectivity index (χ2n) is 0. The van der Waals surface area contributed by atoms with Gasteiger partial charge in [-0.1, -0.05) is 0 Å². The van der Waals surface area contributed by atoms with Crippen LogP contribution in [0.3, 0.4) is 0 Å². The summed E-state index contributed by atoms with van der Waals surface area (Å²) in [5.41, 5.74) is 0. The van der Waals surface area contributed by atoms with Crippen molar-refractivity contribution in [2.75, 3.05) is 0 Å². The van der Waals surface area contributed by atoms with Gasteiger partial charge in [0.1, 0.15) is 0 Å². The molecule has 0 rings (SSSR count). The van der Waals surface area contributed by atoms with Gasteiger partial charge in [0.05, 0.1) is 0 Å². The zero-order valence-corrected chi connectivity index (χ0v) is 9.14. The molecule has 0 aromatic heterocycles. The van der Waals surface area contributed by atoms with Crippen molar-refractivity contribution in [3.05, 3.63) is 0 Å². The monoisotopic (exact) mass is 162 g/mol. The minimum absolute atomic E-state index is 0. The molecule has 0 aliphatic heterocycles. The molecule has 0 saturated heterocycles. The van der Waals surface area contributed by atoms with E-state index in [4.69, 9.17) is 0 Å². The van der Waals surface area contributed by atoms with E-state index in [9.17, 15) is 0 Å². The molecular formula is AlKO3Ti+2. The third-order valence-electron chi connectivity index (χ3n) is 0. The zero-order valence-electron chi connectivity index (χ0n) is 3.30. The third kappa shape index (κ3) is 29.4. The summed E-state index contributed by atoms with van der Waals surface area (Å²) in [5.74, 6) is 0. The van der Waals surface area contributed by atoms with Crippen molar-refractivity contribution in [1.29, 1.82) is 0 Å². The van der Waals surface area contributed by atoms with Gasteiger partial charge >= 0.3 is 90.5 Å². The van der Waals surface area contributed by atoms with Crippen molar-refractivity contribution < 1.29 is 89.5 Å². The predicted molar refractivity (Wildman–Crippen MR) is 7.81 cm³/mol. The molecule has 0 bridgehead atoms. The van der Waals surface area contributed by atoms with Crippen LogP contribution in [0.1, 0.15) is 0 Å². The van der Waals surface area contributed by atoms with Gasteiger partial charge in [0.2, 0.25) is 0 Å². The first kappa shape index (κ1) is 69.2. The molecule has 0 aromatic carbocycles. The molecule has 6 heavy (non-hydrogen) atoms. The van der Waals surface area contributed by atoms with Gasteiger partial charge in [-0.05, 0) is 0 Å². The second-order valence-corrected chi connectivity index (χ2v) is 0. The van der Waals surface area contributed by atoms with Crippen LogP contribution in [-0.2, 0) is 38.1 Å². The molecule has 0 radical (unpaired) electrons. The Morgan fingerprint density at radius 3 is 0.667 bits per heavy atom. The Morgan fingerprint density at radius 1 is 0.667 bits per heavy atom. The topological polar surface area (TPSA) is 85.5 Å². The first-order valence-electron chi connectivity index (χ1n) is 0. The number of rotatable bonds is 0. The first-order valence-corrected chi connectivity index (χ1v) is 0. The van der Waals surface area contributed by atoms with Crippen molar-refractivity contribution in [3.8, 4) is 0 Å². The van der Waals surface area contributed by atoms with Crippen molar-refractivity contribution >= 4 is 17.4 Å². The molecule has 24 valence electrons. The van der Waals surface area contributed by atoms with Crippen molar-refractivity contribution in [2.45, 2.75) is 0 Å². The van der Waals surface area contributed by atoms with Crippen LogP contribution in [0.5, 0.6) is 0 Å². The summed E-state index contributed by atoms with van der Waals surface area (Å²) < 4.78 is 0. The first-order chi connectivity index (χ1) is 0. The van der Waals surface area contributed by atoms with Crippen LogP contribution >= 0.6 is 0 Å². The molecule has 0 fully saturated rings. The van der Waals surface area contributed by atoms with Gasteiger partial charge in [-0.3, -0.25) is 0 Å². The van der Waals surface area contributed by atoms with Crippen molar-refractivity contribution in [2.24, 2.45) is 0 Å². The van der Waals surface area contributed by atoms with E-state index in [1.54, 1.807) is 0 Å². The molecule has 0 aromatic rings. The van der Waals surface area contributed by atoms with E-state index in [1.165, 1.54) is 0 Å². The van der Waals surface area contributed by atoms with Crippen LogP contribution in [-0.4, -0.2) is 17.4 Å². The molecule has 0 unspecified atom stereocenters. The standard InChI is InChI=1S/Al.K.3O.Ti/q+3;+1;3*-2;+4. The molecule has 3 nitrogen and oxygen atoms in total. The Morgan fingerprint density at radius 2 is 0.667 bits per heavy atom. The Hall–Kier alpha value is 2.76. The van der Waals surface area contributed by atoms with E-state index < -0.39 is 0 Å². The van der Waals surface area contributed by atoms with Gasteiger partial charge in [0.25, 0.3) is 0 Å². The Balaban J connectivity index is 0. The summed E-state index contributed by atoms with van der Waals surface area (Å²) in [6.45, 7) is 0. The maximum absolute atomic E-state index is 0. The fraction of sp³-hybridized carbons (Fsp3) is 0. The minimum Gasteiger partial charge on any atom is -2.00 e. The van der Waals surface area contributed by atoms with Crippen molar-refractivity contribution in [1.82, 2.24) is 0 Å². The smallest absolute Gasteiger partial charge is 2.00 e. The predicted octanol–water partition coefficient (Wildman–Crippen LogP) is -3.74. The van der Waals surface area contributed by atoms with Crippen LogP contribution in [0.4, 0.5) is 0 Å². The van der Waals surface area contributed by atoms with Crippen LogP contribution < -0.4 is 51.4 Å². The molecule has 0 saturated carbocycles. The fourth-order valence-electron chi connectivity index (χ4n) is 0. The summed E-state index contributed by atoms with van der Waals surface area (Å²) in [6, 6.07) is 0. The van der Waals surface area contributed by atoms with Crippen LogP contribution in [0.25, 0.3) is 0 Å². The second kappa shape index (κ2) is 46.5. The van der Waals surface area contributed by atoms with E-state index in [2.05, 4.69) is 0 Å². The molecule has 6 heteroatoms. The average molecular weight is 162 g/mol. The van der Waals surface area contributed by atoms with E-state index in [0.29, 0.717) is 0 Å². The van der Waals surface area contributed by atoms with Crippen molar-refractivity contribution in [3.63, 3.8) is 0 Å². The molecule has 0 N–H and O–H groups in total. The summed E-state index contributed by atoms with van der Waals surface area (Å²) in [5, 5.41) is 0. The summed E-state index contributed by atoms with van der Waals surface area (Å²) >= 11 is 0. The van der Waals surface area contributed by atoms with Gasteiger partial charge in [0, 0.05) is 0 Å². The molecule has 0 aliphatic rings. The summed E-state index contributed by atoms with van der Waals surface area (Å²) in [7, 11) is 0. The third-order valence-corrected chi connectivity index (χ3v) is 0. The summed E-state index contributed by atoms with van der Waals surface area (Å²) in [6.07, 6.45) is 0. The van der Waals surface area contributed by atoms with E-state index >= 15 is 0 Å². The van der Waals surface area contributed by atoms with Gasteiger partial charge in [-0.2, -0.15) is 0 Å². The molecule has 0 spiro atoms. The molecular weight excluding hydrogens is 162 g/mol. The van der Waals surface area contributed by atoms with E-state index in [0.717, 1.165) is 0 Å². The van der Waals surface area contributed by atoms with E-state index in [1.807, 2.05) is 0 Å². The van der Waals surface area contributed by atoms with Gasteiger partial charge in [-0.25, -0.2) is 0 Å². The Kier molecular flexibility index (Phi) is 536. The zero-order chi connectivity index (χ0) is 0. The van der Waals surface area contributed by atoms with Crippen LogP contribution in [0.2, 0.25) is 0 Å². The molecule has 0 heterocycles. The van der Waals surface area contributed by atoms with E-state index in [-0.39, 0.29) is 107 Å².